The predicted molar refractivity (Wildman–Crippen MR) is 177 cm³/mol. The van der Waals surface area contributed by atoms with Crippen molar-refractivity contribution in [1.29, 1.82) is 0 Å². The van der Waals surface area contributed by atoms with Gasteiger partial charge in [0.2, 0.25) is 0 Å². The Bertz CT molecular complexity index is 2040. The van der Waals surface area contributed by atoms with Crippen molar-refractivity contribution >= 4 is 23.4 Å². The lowest BCUT2D eigenvalue weighted by Crippen LogP contribution is -2.45. The fraction of sp³-hybridized carbons (Fsp3) is 0.286. The number of aliphatic imine (C=N–C) groups is 1. The maximum Gasteiger partial charge on any atom is 0.586 e. The van der Waals surface area contributed by atoms with Crippen LogP contribution in [0.3, 0.4) is 0 Å². The number of aromatic nitrogens is 1. The van der Waals surface area contributed by atoms with Crippen molar-refractivity contribution in [3.8, 4) is 45.2 Å². The van der Waals surface area contributed by atoms with Gasteiger partial charge in [-0.1, -0.05) is 12.1 Å². The number of ether oxygens (including phenoxy) is 2. The Morgan fingerprint density at radius 2 is 1.78 bits per heavy atom. The van der Waals surface area contributed by atoms with E-state index in [-0.39, 0.29) is 64.3 Å². The number of carbonyl (C=O) groups excluding carboxylic acids is 1. The van der Waals surface area contributed by atoms with Crippen LogP contribution in [0.5, 0.6) is 11.5 Å². The third-order valence-electron chi connectivity index (χ3n) is 8.37. The number of halogens is 5. The van der Waals surface area contributed by atoms with E-state index in [1.807, 2.05) is 0 Å². The molecule has 0 saturated carbocycles. The number of aryl methyl sites for hydroxylation is 1. The monoisotopic (exact) mass is 714 g/mol. The van der Waals surface area contributed by atoms with Gasteiger partial charge in [0.25, 0.3) is 5.91 Å². The Labute approximate surface area is 287 Å². The summed E-state index contributed by atoms with van der Waals surface area (Å²) in [5.41, 5.74) is 6.81. The number of oxazole rings is 1. The van der Waals surface area contributed by atoms with Gasteiger partial charge in [-0.25, -0.2) is 9.37 Å². The number of hydrogen-bond acceptors (Lipinski definition) is 9. The van der Waals surface area contributed by atoms with Gasteiger partial charge in [0.1, 0.15) is 11.5 Å². The fourth-order valence-electron chi connectivity index (χ4n) is 5.89. The number of nitrogens with zero attached hydrogens (tertiary/aromatic N) is 3. The maximum atomic E-state index is 15.4. The zero-order valence-corrected chi connectivity index (χ0v) is 27.8. The Balaban J connectivity index is 1.52. The number of amides is 1. The van der Waals surface area contributed by atoms with Crippen molar-refractivity contribution in [2.45, 2.75) is 43.5 Å². The second-order valence-electron chi connectivity index (χ2n) is 11.6. The number of benzene rings is 3. The molecule has 1 amide bonds. The lowest BCUT2D eigenvalue weighted by molar-refractivity contribution is -0.286. The van der Waals surface area contributed by atoms with Crippen LogP contribution in [0.2, 0.25) is 0 Å². The number of hydrogen-bond donors (Lipinski definition) is 2. The fourth-order valence-corrected chi connectivity index (χ4v) is 6.55. The molecule has 0 bridgehead atoms. The second-order valence-corrected chi connectivity index (χ2v) is 12.4. The van der Waals surface area contributed by atoms with Gasteiger partial charge in [0.15, 0.2) is 23.1 Å². The predicted octanol–water partition coefficient (Wildman–Crippen LogP) is 7.18. The molecule has 3 heterocycles. The quantitative estimate of drug-likeness (QED) is 0.106. The van der Waals surface area contributed by atoms with Crippen molar-refractivity contribution in [3.63, 3.8) is 0 Å². The van der Waals surface area contributed by atoms with Crippen LogP contribution in [0.4, 0.5) is 22.0 Å². The van der Waals surface area contributed by atoms with E-state index < -0.39 is 36.2 Å². The Morgan fingerprint density at radius 1 is 1.08 bits per heavy atom. The van der Waals surface area contributed by atoms with Crippen LogP contribution in [0.1, 0.15) is 29.9 Å². The minimum absolute atomic E-state index is 0.0464. The summed E-state index contributed by atoms with van der Waals surface area (Å²) in [4.78, 5) is 23.0. The molecule has 4 aromatic rings. The Hall–Kier alpha value is -4.89. The summed E-state index contributed by atoms with van der Waals surface area (Å²) >= 11 is 1.24. The molecular weight excluding hydrogens is 683 g/mol. The number of aliphatic hydroxyl groups excluding tert-OH is 1. The zero-order valence-electron chi connectivity index (χ0n) is 27.0. The molecule has 50 heavy (non-hydrogen) atoms. The van der Waals surface area contributed by atoms with Gasteiger partial charge in [-0.3, -0.25) is 9.79 Å². The number of thioether (sulfide) groups is 1. The van der Waals surface area contributed by atoms with E-state index in [0.29, 0.717) is 34.4 Å². The highest BCUT2D eigenvalue weighted by Crippen LogP contribution is 2.45. The van der Waals surface area contributed by atoms with E-state index >= 15 is 13.2 Å². The van der Waals surface area contributed by atoms with Gasteiger partial charge in [-0.05, 0) is 72.7 Å². The van der Waals surface area contributed by atoms with Crippen LogP contribution in [-0.2, 0) is 11.4 Å². The number of carbonyl (C=O) groups is 1. The first-order chi connectivity index (χ1) is 23.8. The number of nitrogens with two attached hydrogens (primary N) is 1. The van der Waals surface area contributed by atoms with E-state index in [0.717, 1.165) is 11.0 Å². The molecule has 3 N–H and O–H groups in total. The minimum Gasteiger partial charge on any atom is -0.440 e. The average molecular weight is 715 g/mol. The van der Waals surface area contributed by atoms with E-state index in [9.17, 15) is 18.7 Å². The first-order valence-electron chi connectivity index (χ1n) is 15.4. The SMILES string of the molecule is CN=C(C=C(N)C(F)(F)C(=O)N1CCCC1)c1ccc(-c2cc(F)c(CO)c(SC)c2)cc1-c1oc(C)nc1-c1ccc2c(c1)OC(F)(F)O2. The summed E-state index contributed by atoms with van der Waals surface area (Å²) < 4.78 is 88.8. The molecule has 9 nitrogen and oxygen atoms in total. The number of likely N-dealkylation sites (tertiary alicyclic amines) is 1. The third kappa shape index (κ3) is 6.54. The summed E-state index contributed by atoms with van der Waals surface area (Å²) in [7, 11) is 1.36. The Kier molecular flexibility index (Phi) is 9.39. The van der Waals surface area contributed by atoms with Crippen molar-refractivity contribution < 1.29 is 45.7 Å². The standard InChI is InChI=1S/C35H31F5N4O5S/c1-18-43-31(20-7-9-27-28(14-20)49-35(39,40)48-27)32(47-18)23-12-19(21-13-25(36)24(17-45)29(15-21)50-3)6-8-22(23)26(42-2)16-30(41)34(37,38)33(46)44-10-4-5-11-44/h6-9,12-16,45H,4-5,10-11,17,41H2,1-3H3. The summed E-state index contributed by atoms with van der Waals surface area (Å²) in [6.45, 7) is 1.45. The molecule has 0 atom stereocenters. The molecule has 0 radical (unpaired) electrons. The molecule has 1 aromatic heterocycles. The lowest BCUT2D eigenvalue weighted by Gasteiger charge is -2.23. The molecule has 6 rings (SSSR count). The second kappa shape index (κ2) is 13.4. The molecule has 0 aliphatic carbocycles. The van der Waals surface area contributed by atoms with Crippen LogP contribution in [0, 0.1) is 12.7 Å². The highest BCUT2D eigenvalue weighted by molar-refractivity contribution is 7.98. The molecule has 2 aliphatic heterocycles. The van der Waals surface area contributed by atoms with E-state index in [1.54, 1.807) is 37.4 Å². The van der Waals surface area contributed by atoms with Gasteiger partial charge in [0, 0.05) is 54.2 Å². The summed E-state index contributed by atoms with van der Waals surface area (Å²) in [5.74, 6) is -6.23. The van der Waals surface area contributed by atoms with Gasteiger partial charge in [0.05, 0.1) is 18.0 Å². The van der Waals surface area contributed by atoms with Crippen LogP contribution < -0.4 is 15.2 Å². The molecule has 0 unspecified atom stereocenters. The van der Waals surface area contributed by atoms with Crippen LogP contribution in [-0.4, -0.2) is 65.2 Å². The van der Waals surface area contributed by atoms with Crippen molar-refractivity contribution in [2.24, 2.45) is 10.7 Å². The molecule has 0 spiro atoms. The summed E-state index contributed by atoms with van der Waals surface area (Å²) in [5, 5.41) is 9.73. The van der Waals surface area contributed by atoms with Crippen molar-refractivity contribution in [3.05, 3.63) is 83.1 Å². The molecule has 1 saturated heterocycles. The minimum atomic E-state index is -4.02. The summed E-state index contributed by atoms with van der Waals surface area (Å²) in [6, 6.07) is 11.8. The number of alkyl halides is 4. The van der Waals surface area contributed by atoms with Gasteiger partial charge >= 0.3 is 12.2 Å². The highest BCUT2D eigenvalue weighted by Gasteiger charge is 2.46. The molecular formula is C35H31F5N4O5S. The largest absolute Gasteiger partial charge is 0.586 e. The lowest BCUT2D eigenvalue weighted by atomic mass is 9.92. The number of rotatable bonds is 9. The smallest absolute Gasteiger partial charge is 0.440 e. The first kappa shape index (κ1) is 35.0. The van der Waals surface area contributed by atoms with Crippen molar-refractivity contribution in [1.82, 2.24) is 9.88 Å². The van der Waals surface area contributed by atoms with E-state index in [2.05, 4.69) is 19.5 Å². The molecule has 3 aromatic carbocycles. The molecule has 1 fully saturated rings. The molecule has 262 valence electrons. The average Bonchev–Trinajstić information content (AvgIpc) is 3.83. The number of allylic oxidation sites excluding steroid dienone is 1. The van der Waals surface area contributed by atoms with E-state index in [4.69, 9.17) is 10.2 Å². The summed E-state index contributed by atoms with van der Waals surface area (Å²) in [6.07, 6.45) is 0.0112. The first-order valence-corrected chi connectivity index (χ1v) is 16.6. The third-order valence-corrected chi connectivity index (χ3v) is 9.18. The zero-order chi connectivity index (χ0) is 36.0. The topological polar surface area (TPSA) is 123 Å². The molecule has 15 heteroatoms. The maximum absolute atomic E-state index is 15.4. The number of aliphatic hydroxyl groups is 1. The van der Waals surface area contributed by atoms with Crippen LogP contribution in [0.25, 0.3) is 33.7 Å². The Morgan fingerprint density at radius 3 is 2.46 bits per heavy atom. The van der Waals surface area contributed by atoms with Gasteiger partial charge in [-0.15, -0.1) is 20.5 Å². The van der Waals surface area contributed by atoms with Crippen LogP contribution >= 0.6 is 11.8 Å². The van der Waals surface area contributed by atoms with Gasteiger partial charge < -0.3 is 29.6 Å². The normalized spacial score (nSPS) is 16.0. The van der Waals surface area contributed by atoms with Crippen LogP contribution in [0.15, 0.2) is 74.6 Å². The number of fused-ring (bicyclic) bond motifs is 1. The van der Waals surface area contributed by atoms with Crippen molar-refractivity contribution in [2.75, 3.05) is 26.4 Å². The highest BCUT2D eigenvalue weighted by atomic mass is 32.2. The van der Waals surface area contributed by atoms with E-state index in [1.165, 1.54) is 43.1 Å². The van der Waals surface area contributed by atoms with Gasteiger partial charge in [-0.2, -0.15) is 8.78 Å². The molecule has 2 aliphatic rings.